The summed E-state index contributed by atoms with van der Waals surface area (Å²) in [5, 5.41) is 3.06. The van der Waals surface area contributed by atoms with Crippen molar-refractivity contribution in [1.29, 1.82) is 0 Å². The molecule has 20 heavy (non-hydrogen) atoms. The molecule has 3 heteroatoms. The summed E-state index contributed by atoms with van der Waals surface area (Å²) in [7, 11) is 0. The van der Waals surface area contributed by atoms with E-state index in [0.29, 0.717) is 5.92 Å². The topological polar surface area (TPSA) is 32.3 Å². The third kappa shape index (κ3) is 3.75. The molecule has 0 bridgehead atoms. The third-order valence-corrected chi connectivity index (χ3v) is 3.94. The van der Waals surface area contributed by atoms with Gasteiger partial charge in [0.2, 0.25) is 0 Å². The minimum Gasteiger partial charge on any atom is -0.338 e. The van der Waals surface area contributed by atoms with Crippen LogP contribution in [0.3, 0.4) is 0 Å². The largest absolute Gasteiger partial charge is 0.338 e. The summed E-state index contributed by atoms with van der Waals surface area (Å²) in [5.41, 5.74) is 2.52. The van der Waals surface area contributed by atoms with E-state index in [1.54, 1.807) is 0 Å². The molecule has 3 nitrogen and oxygen atoms in total. The Morgan fingerprint density at radius 3 is 2.95 bits per heavy atom. The minimum absolute atomic E-state index is 0.0923. The van der Waals surface area contributed by atoms with Crippen LogP contribution < -0.4 is 5.32 Å². The van der Waals surface area contributed by atoms with Gasteiger partial charge < -0.3 is 10.2 Å². The van der Waals surface area contributed by atoms with Crippen LogP contribution in [-0.2, 0) is 0 Å². The van der Waals surface area contributed by atoms with Crippen LogP contribution in [0.2, 0.25) is 0 Å². The minimum atomic E-state index is 0.0923. The van der Waals surface area contributed by atoms with E-state index in [1.165, 1.54) is 11.1 Å². The first-order valence-corrected chi connectivity index (χ1v) is 7.69. The van der Waals surface area contributed by atoms with Crippen LogP contribution in [0.15, 0.2) is 24.3 Å². The summed E-state index contributed by atoms with van der Waals surface area (Å²) < 4.78 is 0. The molecule has 2 amide bonds. The summed E-state index contributed by atoms with van der Waals surface area (Å²) >= 11 is 0. The van der Waals surface area contributed by atoms with E-state index in [2.05, 4.69) is 50.4 Å². The van der Waals surface area contributed by atoms with Crippen molar-refractivity contribution in [3.05, 3.63) is 35.4 Å². The van der Waals surface area contributed by atoms with E-state index in [4.69, 9.17) is 0 Å². The molecule has 1 N–H and O–H groups in total. The highest BCUT2D eigenvalue weighted by atomic mass is 16.2. The van der Waals surface area contributed by atoms with Gasteiger partial charge in [0.15, 0.2) is 0 Å². The van der Waals surface area contributed by atoms with Gasteiger partial charge in [0, 0.05) is 13.1 Å². The lowest BCUT2D eigenvalue weighted by Gasteiger charge is -2.25. The second-order valence-corrected chi connectivity index (χ2v) is 6.18. The zero-order valence-electron chi connectivity index (χ0n) is 12.9. The number of likely N-dealkylation sites (tertiary alicyclic amines) is 1. The summed E-state index contributed by atoms with van der Waals surface area (Å²) in [6.07, 6.45) is 3.20. The predicted octanol–water partition coefficient (Wildman–Crippen LogP) is 3.89. The molecule has 1 aliphatic heterocycles. The number of nitrogens with zero attached hydrogens (tertiary/aromatic N) is 1. The Kier molecular flexibility index (Phi) is 5.05. The highest BCUT2D eigenvalue weighted by Gasteiger charge is 2.29. The molecule has 0 unspecified atom stereocenters. The number of benzene rings is 1. The van der Waals surface area contributed by atoms with Crippen molar-refractivity contribution >= 4 is 6.03 Å². The Morgan fingerprint density at radius 1 is 1.45 bits per heavy atom. The molecule has 0 radical (unpaired) electrons. The highest BCUT2D eigenvalue weighted by molar-refractivity contribution is 5.75. The number of aryl methyl sites for hydroxylation is 1. The molecule has 1 fully saturated rings. The number of amides is 2. The van der Waals surface area contributed by atoms with Gasteiger partial charge in [0.05, 0.1) is 6.04 Å². The van der Waals surface area contributed by atoms with Gasteiger partial charge in [0.25, 0.3) is 0 Å². The van der Waals surface area contributed by atoms with E-state index in [-0.39, 0.29) is 12.1 Å². The number of carbonyl (C=O) groups excluding carboxylic acids is 1. The van der Waals surface area contributed by atoms with Gasteiger partial charge in [-0.05, 0) is 37.7 Å². The molecule has 1 aliphatic rings. The lowest BCUT2D eigenvalue weighted by atomic mass is 10.0. The normalized spacial score (nSPS) is 18.6. The van der Waals surface area contributed by atoms with Crippen LogP contribution in [0, 0.1) is 12.8 Å². The maximum atomic E-state index is 12.3. The van der Waals surface area contributed by atoms with E-state index in [9.17, 15) is 4.79 Å². The lowest BCUT2D eigenvalue weighted by molar-refractivity contribution is 0.192. The van der Waals surface area contributed by atoms with Crippen LogP contribution in [0.4, 0.5) is 4.79 Å². The first kappa shape index (κ1) is 14.9. The van der Waals surface area contributed by atoms with Crippen molar-refractivity contribution in [3.8, 4) is 0 Å². The molecule has 110 valence electrons. The Labute approximate surface area is 122 Å². The van der Waals surface area contributed by atoms with Crippen molar-refractivity contribution < 1.29 is 4.79 Å². The lowest BCUT2D eigenvalue weighted by Crippen LogP contribution is -2.40. The zero-order chi connectivity index (χ0) is 14.5. The number of carbonyl (C=O) groups is 1. The van der Waals surface area contributed by atoms with Gasteiger partial charge in [-0.15, -0.1) is 0 Å². The molecule has 0 spiro atoms. The van der Waals surface area contributed by atoms with Crippen molar-refractivity contribution in [2.24, 2.45) is 5.92 Å². The van der Waals surface area contributed by atoms with E-state index in [0.717, 1.165) is 32.4 Å². The average molecular weight is 274 g/mol. The smallest absolute Gasteiger partial charge is 0.317 e. The van der Waals surface area contributed by atoms with Crippen LogP contribution in [0.25, 0.3) is 0 Å². The van der Waals surface area contributed by atoms with E-state index in [1.807, 2.05) is 4.90 Å². The monoisotopic (exact) mass is 274 g/mol. The van der Waals surface area contributed by atoms with E-state index < -0.39 is 0 Å². The zero-order valence-corrected chi connectivity index (χ0v) is 12.9. The first-order valence-electron chi connectivity index (χ1n) is 7.69. The second-order valence-electron chi connectivity index (χ2n) is 6.18. The molecule has 1 saturated heterocycles. The molecule has 1 atom stereocenters. The predicted molar refractivity (Wildman–Crippen MR) is 82.7 cm³/mol. The first-order chi connectivity index (χ1) is 9.58. The van der Waals surface area contributed by atoms with Crippen LogP contribution in [0.5, 0.6) is 0 Å². The van der Waals surface area contributed by atoms with Crippen LogP contribution in [-0.4, -0.2) is 24.0 Å². The summed E-state index contributed by atoms with van der Waals surface area (Å²) in [6.45, 7) is 8.10. The number of hydrogen-bond donors (Lipinski definition) is 1. The number of nitrogens with one attached hydrogen (secondary N) is 1. The van der Waals surface area contributed by atoms with Crippen LogP contribution >= 0.6 is 0 Å². The SMILES string of the molecule is Cc1cccc([C@@H]2CCCN2C(=O)NCCC(C)C)c1. The molecule has 0 saturated carbocycles. The van der Waals surface area contributed by atoms with Crippen LogP contribution in [0.1, 0.15) is 50.3 Å². The van der Waals surface area contributed by atoms with Gasteiger partial charge in [-0.3, -0.25) is 0 Å². The van der Waals surface area contributed by atoms with Crippen molar-refractivity contribution in [2.45, 2.75) is 46.1 Å². The number of rotatable bonds is 4. The van der Waals surface area contributed by atoms with Crippen molar-refractivity contribution in [3.63, 3.8) is 0 Å². The number of hydrogen-bond acceptors (Lipinski definition) is 1. The molecule has 1 aromatic rings. The summed E-state index contributed by atoms with van der Waals surface area (Å²) in [4.78, 5) is 14.3. The van der Waals surface area contributed by atoms with Gasteiger partial charge >= 0.3 is 6.03 Å². The average Bonchev–Trinajstić information content (AvgIpc) is 2.87. The highest BCUT2D eigenvalue weighted by Crippen LogP contribution is 2.32. The standard InChI is InChI=1S/C17H26N2O/c1-13(2)9-10-18-17(20)19-11-5-8-16(19)15-7-4-6-14(3)12-15/h4,6-7,12-13,16H,5,8-11H2,1-3H3,(H,18,20)/t16-/m0/s1. The molecule has 2 rings (SSSR count). The molecule has 1 aromatic carbocycles. The van der Waals surface area contributed by atoms with Gasteiger partial charge in [-0.25, -0.2) is 4.79 Å². The quantitative estimate of drug-likeness (QED) is 0.887. The molecule has 0 aromatic heterocycles. The van der Waals surface area contributed by atoms with Crippen molar-refractivity contribution in [2.75, 3.05) is 13.1 Å². The third-order valence-electron chi connectivity index (χ3n) is 3.94. The summed E-state index contributed by atoms with van der Waals surface area (Å²) in [6, 6.07) is 8.86. The molecule has 0 aliphatic carbocycles. The van der Waals surface area contributed by atoms with Gasteiger partial charge in [0.1, 0.15) is 0 Å². The maximum Gasteiger partial charge on any atom is 0.317 e. The van der Waals surface area contributed by atoms with Gasteiger partial charge in [-0.1, -0.05) is 43.7 Å². The number of urea groups is 1. The fraction of sp³-hybridized carbons (Fsp3) is 0.588. The molecule has 1 heterocycles. The van der Waals surface area contributed by atoms with E-state index >= 15 is 0 Å². The molecular weight excluding hydrogens is 248 g/mol. The Morgan fingerprint density at radius 2 is 2.25 bits per heavy atom. The van der Waals surface area contributed by atoms with Crippen molar-refractivity contribution in [1.82, 2.24) is 10.2 Å². The Bertz CT molecular complexity index is 456. The fourth-order valence-electron chi connectivity index (χ4n) is 2.80. The Balaban J connectivity index is 1.98. The summed E-state index contributed by atoms with van der Waals surface area (Å²) in [5.74, 6) is 0.626. The molecular formula is C17H26N2O. The Hall–Kier alpha value is -1.51. The maximum absolute atomic E-state index is 12.3. The van der Waals surface area contributed by atoms with Gasteiger partial charge in [-0.2, -0.15) is 0 Å². The fourth-order valence-corrected chi connectivity index (χ4v) is 2.80. The second kappa shape index (κ2) is 6.78.